The van der Waals surface area contributed by atoms with Crippen molar-refractivity contribution in [3.05, 3.63) is 69.5 Å². The molecule has 2 aromatic carbocycles. The Balaban J connectivity index is 1.89. The van der Waals surface area contributed by atoms with Gasteiger partial charge in [-0.3, -0.25) is 5.10 Å². The maximum atomic E-state index is 9.81. The van der Waals surface area contributed by atoms with Crippen LogP contribution in [0.1, 0.15) is 24.0 Å². The summed E-state index contributed by atoms with van der Waals surface area (Å²) in [5.41, 5.74) is 9.58. The molecule has 0 saturated heterocycles. The van der Waals surface area contributed by atoms with Crippen LogP contribution in [0.25, 0.3) is 11.3 Å². The van der Waals surface area contributed by atoms with E-state index in [-0.39, 0.29) is 5.88 Å². The highest BCUT2D eigenvalue weighted by Gasteiger charge is 2.35. The van der Waals surface area contributed by atoms with E-state index in [0.29, 0.717) is 29.6 Å². The van der Waals surface area contributed by atoms with E-state index < -0.39 is 5.92 Å². The number of halogens is 1. The lowest BCUT2D eigenvalue weighted by atomic mass is 9.83. The van der Waals surface area contributed by atoms with Crippen molar-refractivity contribution >= 4 is 15.9 Å². The van der Waals surface area contributed by atoms with E-state index >= 15 is 0 Å². The minimum Gasteiger partial charge on any atom is -0.493 e. The molecule has 7 nitrogen and oxygen atoms in total. The van der Waals surface area contributed by atoms with E-state index in [1.165, 1.54) is 0 Å². The summed E-state index contributed by atoms with van der Waals surface area (Å²) >= 11 is 3.45. The highest BCUT2D eigenvalue weighted by Crippen LogP contribution is 2.46. The quantitative estimate of drug-likeness (QED) is 0.574. The molecule has 0 bridgehead atoms. The van der Waals surface area contributed by atoms with Crippen molar-refractivity contribution in [2.75, 3.05) is 13.7 Å². The average Bonchev–Trinajstić information content (AvgIpc) is 3.17. The van der Waals surface area contributed by atoms with Crippen LogP contribution in [0.5, 0.6) is 17.4 Å². The van der Waals surface area contributed by atoms with Crippen LogP contribution < -0.4 is 19.9 Å². The molecule has 1 aliphatic rings. The number of methoxy groups -OCH3 is 1. The van der Waals surface area contributed by atoms with Crippen LogP contribution >= 0.6 is 15.9 Å². The number of aromatic amines is 1. The molecule has 1 aromatic heterocycles. The van der Waals surface area contributed by atoms with Crippen LogP contribution in [0, 0.1) is 11.3 Å². The van der Waals surface area contributed by atoms with Gasteiger partial charge in [0.1, 0.15) is 11.6 Å². The first kappa shape index (κ1) is 19.9. The molecule has 3 N–H and O–H groups in total. The Morgan fingerprint density at radius 2 is 2.00 bits per heavy atom. The lowest BCUT2D eigenvalue weighted by Gasteiger charge is -2.24. The number of hydrogen-bond acceptors (Lipinski definition) is 6. The SMILES string of the molecule is CCOc1ccc(-c2[nH]nc3c2[C@H](c2ccc(Br)cc2)C(C#N)=C(N)O3)cc1OC. The van der Waals surface area contributed by atoms with Gasteiger partial charge in [-0.05, 0) is 42.8 Å². The summed E-state index contributed by atoms with van der Waals surface area (Å²) in [5.74, 6) is 1.24. The van der Waals surface area contributed by atoms with Crippen molar-refractivity contribution in [3.63, 3.8) is 0 Å². The van der Waals surface area contributed by atoms with Gasteiger partial charge in [-0.1, -0.05) is 28.1 Å². The summed E-state index contributed by atoms with van der Waals surface area (Å²) in [5, 5.41) is 17.2. The zero-order valence-electron chi connectivity index (χ0n) is 16.4. The average molecular weight is 467 g/mol. The zero-order chi connectivity index (χ0) is 21.3. The third kappa shape index (κ3) is 3.37. The highest BCUT2D eigenvalue weighted by atomic mass is 79.9. The Labute approximate surface area is 182 Å². The van der Waals surface area contributed by atoms with Crippen LogP contribution in [0.3, 0.4) is 0 Å². The Morgan fingerprint density at radius 3 is 2.67 bits per heavy atom. The summed E-state index contributed by atoms with van der Waals surface area (Å²) in [6.45, 7) is 2.45. The standard InChI is InChI=1S/C22H19BrN4O3/c1-3-29-16-9-6-13(10-17(16)28-2)20-19-18(12-4-7-14(23)8-5-12)15(11-24)21(25)30-22(19)27-26-20/h4-10,18H,3,25H2,1-2H3,(H,26,27)/t18-/m1/s1. The Kier molecular flexibility index (Phi) is 5.38. The maximum Gasteiger partial charge on any atom is 0.244 e. The number of rotatable bonds is 5. The predicted octanol–water partition coefficient (Wildman–Crippen LogP) is 4.46. The predicted molar refractivity (Wildman–Crippen MR) is 115 cm³/mol. The topological polar surface area (TPSA) is 106 Å². The molecule has 0 spiro atoms. The Hall–Kier alpha value is -3.44. The number of aromatic nitrogens is 2. The molecule has 0 amide bonds. The minimum atomic E-state index is -0.418. The molecule has 4 rings (SSSR count). The van der Waals surface area contributed by atoms with Gasteiger partial charge >= 0.3 is 0 Å². The van der Waals surface area contributed by atoms with Crippen molar-refractivity contribution in [1.82, 2.24) is 10.2 Å². The number of nitriles is 1. The zero-order valence-corrected chi connectivity index (χ0v) is 18.0. The van der Waals surface area contributed by atoms with Gasteiger partial charge in [0, 0.05) is 10.0 Å². The van der Waals surface area contributed by atoms with Crippen LogP contribution in [0.15, 0.2) is 58.4 Å². The first-order chi connectivity index (χ1) is 14.6. The molecule has 1 atom stereocenters. The molecular formula is C22H19BrN4O3. The molecule has 2 heterocycles. The lowest BCUT2D eigenvalue weighted by molar-refractivity contribution is 0.311. The third-order valence-corrected chi connectivity index (χ3v) is 5.42. The van der Waals surface area contributed by atoms with Gasteiger partial charge in [0.2, 0.25) is 11.8 Å². The first-order valence-electron chi connectivity index (χ1n) is 9.29. The number of allylic oxidation sites excluding steroid dienone is 1. The Morgan fingerprint density at radius 1 is 1.23 bits per heavy atom. The van der Waals surface area contributed by atoms with E-state index in [4.69, 9.17) is 19.9 Å². The highest BCUT2D eigenvalue weighted by molar-refractivity contribution is 9.10. The van der Waals surface area contributed by atoms with Crippen molar-refractivity contribution in [1.29, 1.82) is 5.26 Å². The molecule has 0 unspecified atom stereocenters. The summed E-state index contributed by atoms with van der Waals surface area (Å²) in [6, 6.07) is 15.6. The van der Waals surface area contributed by atoms with Crippen LogP contribution in [0.2, 0.25) is 0 Å². The summed E-state index contributed by atoms with van der Waals surface area (Å²) in [4.78, 5) is 0. The number of ether oxygens (including phenoxy) is 3. The molecule has 3 aromatic rings. The number of hydrogen-bond donors (Lipinski definition) is 2. The van der Waals surface area contributed by atoms with Crippen molar-refractivity contribution in [2.24, 2.45) is 5.73 Å². The molecule has 0 aliphatic carbocycles. The van der Waals surface area contributed by atoms with Gasteiger partial charge in [0.25, 0.3) is 0 Å². The molecular weight excluding hydrogens is 448 g/mol. The number of nitrogens with one attached hydrogen (secondary N) is 1. The lowest BCUT2D eigenvalue weighted by Crippen LogP contribution is -2.20. The fraction of sp³-hybridized carbons (Fsp3) is 0.182. The molecule has 0 fully saturated rings. The van der Waals surface area contributed by atoms with E-state index in [1.54, 1.807) is 7.11 Å². The third-order valence-electron chi connectivity index (χ3n) is 4.89. The minimum absolute atomic E-state index is 0.0558. The van der Waals surface area contributed by atoms with Gasteiger partial charge in [-0.15, -0.1) is 5.10 Å². The molecule has 30 heavy (non-hydrogen) atoms. The summed E-state index contributed by atoms with van der Waals surface area (Å²) in [7, 11) is 1.59. The molecule has 0 saturated carbocycles. The number of nitrogens with two attached hydrogens (primary N) is 1. The normalized spacial score (nSPS) is 15.2. The van der Waals surface area contributed by atoms with E-state index in [9.17, 15) is 5.26 Å². The number of H-pyrrole nitrogens is 1. The van der Waals surface area contributed by atoms with Crippen LogP contribution in [0.4, 0.5) is 0 Å². The monoisotopic (exact) mass is 466 g/mol. The fourth-order valence-corrected chi connectivity index (χ4v) is 3.82. The van der Waals surface area contributed by atoms with Crippen LogP contribution in [-0.4, -0.2) is 23.9 Å². The van der Waals surface area contributed by atoms with Crippen LogP contribution in [-0.2, 0) is 0 Å². The van der Waals surface area contributed by atoms with E-state index in [0.717, 1.165) is 26.9 Å². The van der Waals surface area contributed by atoms with Gasteiger partial charge in [0.15, 0.2) is 11.5 Å². The number of nitrogens with zero attached hydrogens (tertiary/aromatic N) is 2. The summed E-state index contributed by atoms with van der Waals surface area (Å²) in [6.07, 6.45) is 0. The van der Waals surface area contributed by atoms with E-state index in [1.807, 2.05) is 49.4 Å². The van der Waals surface area contributed by atoms with Gasteiger partial charge in [0.05, 0.1) is 30.9 Å². The largest absolute Gasteiger partial charge is 0.493 e. The Bertz CT molecular complexity index is 1160. The number of benzene rings is 2. The smallest absolute Gasteiger partial charge is 0.244 e. The summed E-state index contributed by atoms with van der Waals surface area (Å²) < 4.78 is 17.7. The fourth-order valence-electron chi connectivity index (χ4n) is 3.55. The molecule has 0 radical (unpaired) electrons. The second-order valence-corrected chi connectivity index (χ2v) is 7.51. The van der Waals surface area contributed by atoms with Gasteiger partial charge in [-0.25, -0.2) is 0 Å². The number of fused-ring (bicyclic) bond motifs is 1. The first-order valence-corrected chi connectivity index (χ1v) is 10.1. The van der Waals surface area contributed by atoms with Gasteiger partial charge < -0.3 is 19.9 Å². The van der Waals surface area contributed by atoms with Crippen molar-refractivity contribution in [2.45, 2.75) is 12.8 Å². The molecule has 8 heteroatoms. The second kappa shape index (κ2) is 8.13. The maximum absolute atomic E-state index is 9.81. The second-order valence-electron chi connectivity index (χ2n) is 6.59. The van der Waals surface area contributed by atoms with Crippen molar-refractivity contribution in [3.8, 4) is 34.7 Å². The van der Waals surface area contributed by atoms with Gasteiger partial charge in [-0.2, -0.15) is 5.26 Å². The molecule has 152 valence electrons. The van der Waals surface area contributed by atoms with E-state index in [2.05, 4.69) is 32.2 Å². The van der Waals surface area contributed by atoms with Crippen molar-refractivity contribution < 1.29 is 14.2 Å². The molecule has 1 aliphatic heterocycles.